The molecule has 0 spiro atoms. The summed E-state index contributed by atoms with van der Waals surface area (Å²) < 4.78 is 0. The number of hydrogen-bond acceptors (Lipinski definition) is 4. The Morgan fingerprint density at radius 2 is 2.20 bits per heavy atom. The number of nitrogens with zero attached hydrogens (tertiary/aromatic N) is 2. The maximum Gasteiger partial charge on any atom is 0.123 e. The predicted molar refractivity (Wildman–Crippen MR) is 84.2 cm³/mol. The van der Waals surface area contributed by atoms with Gasteiger partial charge < -0.3 is 5.32 Å². The monoisotopic (exact) mass is 285 g/mol. The molecule has 1 N–H and O–H groups in total. The Labute approximate surface area is 123 Å². The third-order valence-corrected chi connectivity index (χ3v) is 5.02. The molecule has 4 rings (SSSR count). The van der Waals surface area contributed by atoms with E-state index in [1.54, 1.807) is 11.3 Å². The maximum absolute atomic E-state index is 4.39. The van der Waals surface area contributed by atoms with Gasteiger partial charge in [0.05, 0.1) is 0 Å². The van der Waals surface area contributed by atoms with Gasteiger partial charge in [-0.2, -0.15) is 0 Å². The van der Waals surface area contributed by atoms with Crippen LogP contribution in [0.4, 0.5) is 5.69 Å². The van der Waals surface area contributed by atoms with Crippen LogP contribution in [0, 0.1) is 0 Å². The molecule has 4 heteroatoms. The lowest BCUT2D eigenvalue weighted by Gasteiger charge is -2.17. The summed E-state index contributed by atoms with van der Waals surface area (Å²) in [5, 5.41) is 6.82. The quantitative estimate of drug-likeness (QED) is 0.932. The SMILES string of the molecule is c1cc(NC2CCN(C3CC3)C2)cc(-c2nccs2)c1. The fraction of sp³-hybridized carbons (Fsp3) is 0.438. The van der Waals surface area contributed by atoms with Gasteiger partial charge in [0.2, 0.25) is 0 Å². The molecule has 1 aromatic heterocycles. The maximum atomic E-state index is 4.39. The summed E-state index contributed by atoms with van der Waals surface area (Å²) in [4.78, 5) is 7.03. The normalized spacial score (nSPS) is 23.1. The van der Waals surface area contributed by atoms with E-state index in [0.29, 0.717) is 6.04 Å². The minimum absolute atomic E-state index is 0.599. The molecule has 1 aliphatic heterocycles. The van der Waals surface area contributed by atoms with E-state index in [1.165, 1.54) is 43.6 Å². The molecule has 0 amide bonds. The molecule has 0 bridgehead atoms. The Bertz CT molecular complexity index is 577. The highest BCUT2D eigenvalue weighted by Crippen LogP contribution is 2.31. The molecule has 1 aliphatic carbocycles. The summed E-state index contributed by atoms with van der Waals surface area (Å²) in [5.41, 5.74) is 2.43. The number of anilines is 1. The molecule has 20 heavy (non-hydrogen) atoms. The molecule has 1 atom stereocenters. The van der Waals surface area contributed by atoms with E-state index >= 15 is 0 Å². The summed E-state index contributed by atoms with van der Waals surface area (Å²) >= 11 is 1.69. The summed E-state index contributed by atoms with van der Waals surface area (Å²) in [5.74, 6) is 0. The van der Waals surface area contributed by atoms with Crippen molar-refractivity contribution in [2.75, 3.05) is 18.4 Å². The van der Waals surface area contributed by atoms with Crippen LogP contribution in [-0.4, -0.2) is 35.1 Å². The van der Waals surface area contributed by atoms with Crippen LogP contribution in [0.15, 0.2) is 35.8 Å². The van der Waals surface area contributed by atoms with Gasteiger partial charge in [-0.15, -0.1) is 11.3 Å². The third kappa shape index (κ3) is 2.58. The minimum Gasteiger partial charge on any atom is -0.381 e. The lowest BCUT2D eigenvalue weighted by atomic mass is 10.2. The first-order chi connectivity index (χ1) is 9.88. The zero-order valence-electron chi connectivity index (χ0n) is 11.5. The molecule has 104 valence electrons. The van der Waals surface area contributed by atoms with Crippen LogP contribution in [0.5, 0.6) is 0 Å². The number of likely N-dealkylation sites (tertiary alicyclic amines) is 1. The molecule has 2 fully saturated rings. The topological polar surface area (TPSA) is 28.2 Å². The van der Waals surface area contributed by atoms with Crippen molar-refractivity contribution in [2.24, 2.45) is 0 Å². The molecular weight excluding hydrogens is 266 g/mol. The van der Waals surface area contributed by atoms with E-state index in [0.717, 1.165) is 11.0 Å². The molecule has 2 heterocycles. The smallest absolute Gasteiger partial charge is 0.123 e. The van der Waals surface area contributed by atoms with Crippen molar-refractivity contribution < 1.29 is 0 Å². The van der Waals surface area contributed by atoms with Gasteiger partial charge >= 0.3 is 0 Å². The van der Waals surface area contributed by atoms with E-state index < -0.39 is 0 Å². The second kappa shape index (κ2) is 5.19. The average Bonchev–Trinajstić information content (AvgIpc) is 3.00. The fourth-order valence-corrected chi connectivity index (χ4v) is 3.66. The lowest BCUT2D eigenvalue weighted by Crippen LogP contribution is -2.27. The van der Waals surface area contributed by atoms with Crippen LogP contribution in [-0.2, 0) is 0 Å². The number of nitrogens with one attached hydrogen (secondary N) is 1. The zero-order chi connectivity index (χ0) is 13.4. The fourth-order valence-electron chi connectivity index (χ4n) is 3.02. The van der Waals surface area contributed by atoms with Gasteiger partial charge in [-0.25, -0.2) is 4.98 Å². The van der Waals surface area contributed by atoms with Gasteiger partial charge in [-0.3, -0.25) is 4.90 Å². The van der Waals surface area contributed by atoms with Crippen molar-refractivity contribution in [2.45, 2.75) is 31.3 Å². The van der Waals surface area contributed by atoms with E-state index in [1.807, 2.05) is 11.6 Å². The van der Waals surface area contributed by atoms with Crippen molar-refractivity contribution in [3.05, 3.63) is 35.8 Å². The van der Waals surface area contributed by atoms with Gasteiger partial charge in [0.1, 0.15) is 5.01 Å². The molecule has 3 nitrogen and oxygen atoms in total. The van der Waals surface area contributed by atoms with Crippen molar-refractivity contribution in [3.63, 3.8) is 0 Å². The molecule has 1 aromatic carbocycles. The van der Waals surface area contributed by atoms with Crippen LogP contribution in [0.2, 0.25) is 0 Å². The van der Waals surface area contributed by atoms with E-state index in [4.69, 9.17) is 0 Å². The molecule has 2 aromatic rings. The largest absolute Gasteiger partial charge is 0.381 e. The number of hydrogen-bond donors (Lipinski definition) is 1. The summed E-state index contributed by atoms with van der Waals surface area (Å²) in [6.07, 6.45) is 5.95. The number of aromatic nitrogens is 1. The molecule has 2 aliphatic rings. The summed E-state index contributed by atoms with van der Waals surface area (Å²) in [7, 11) is 0. The van der Waals surface area contributed by atoms with Crippen molar-refractivity contribution in [1.29, 1.82) is 0 Å². The van der Waals surface area contributed by atoms with Gasteiger partial charge in [0, 0.05) is 48.0 Å². The Morgan fingerprint density at radius 3 is 3.00 bits per heavy atom. The number of benzene rings is 1. The number of rotatable bonds is 4. The van der Waals surface area contributed by atoms with E-state index in [9.17, 15) is 0 Å². The Kier molecular flexibility index (Phi) is 3.20. The van der Waals surface area contributed by atoms with E-state index in [2.05, 4.69) is 39.5 Å². The highest BCUT2D eigenvalue weighted by atomic mass is 32.1. The highest BCUT2D eigenvalue weighted by Gasteiger charge is 2.34. The van der Waals surface area contributed by atoms with Gasteiger partial charge in [-0.05, 0) is 31.4 Å². The first-order valence-electron chi connectivity index (χ1n) is 7.39. The van der Waals surface area contributed by atoms with E-state index in [-0.39, 0.29) is 0 Å². The van der Waals surface area contributed by atoms with Crippen molar-refractivity contribution in [3.8, 4) is 10.6 Å². The van der Waals surface area contributed by atoms with Crippen LogP contribution in [0.3, 0.4) is 0 Å². The Morgan fingerprint density at radius 1 is 1.25 bits per heavy atom. The summed E-state index contributed by atoms with van der Waals surface area (Å²) in [6.45, 7) is 2.46. The van der Waals surface area contributed by atoms with Crippen LogP contribution in [0.25, 0.3) is 10.6 Å². The molecule has 1 saturated heterocycles. The predicted octanol–water partition coefficient (Wildman–Crippen LogP) is 3.46. The third-order valence-electron chi connectivity index (χ3n) is 4.20. The second-order valence-corrected chi connectivity index (χ2v) is 6.67. The van der Waals surface area contributed by atoms with Gasteiger partial charge in [0.15, 0.2) is 0 Å². The first-order valence-corrected chi connectivity index (χ1v) is 8.27. The van der Waals surface area contributed by atoms with Crippen LogP contribution in [0.1, 0.15) is 19.3 Å². The zero-order valence-corrected chi connectivity index (χ0v) is 12.3. The Balaban J connectivity index is 1.45. The van der Waals surface area contributed by atoms with Crippen molar-refractivity contribution >= 4 is 17.0 Å². The second-order valence-electron chi connectivity index (χ2n) is 5.77. The molecule has 0 radical (unpaired) electrons. The van der Waals surface area contributed by atoms with Gasteiger partial charge in [-0.1, -0.05) is 12.1 Å². The Hall–Kier alpha value is -1.39. The molecular formula is C16H19N3S. The number of thiazole rings is 1. The first kappa shape index (κ1) is 12.4. The standard InChI is InChI=1S/C16H19N3S/c1-2-12(16-17-7-9-20-16)10-13(3-1)18-14-6-8-19(11-14)15-4-5-15/h1-3,7,9-10,14-15,18H,4-6,8,11H2. The highest BCUT2D eigenvalue weighted by molar-refractivity contribution is 7.13. The average molecular weight is 285 g/mol. The van der Waals surface area contributed by atoms with Crippen molar-refractivity contribution in [1.82, 2.24) is 9.88 Å². The molecule has 1 unspecified atom stereocenters. The van der Waals surface area contributed by atoms with Crippen LogP contribution >= 0.6 is 11.3 Å². The van der Waals surface area contributed by atoms with Gasteiger partial charge in [0.25, 0.3) is 0 Å². The summed E-state index contributed by atoms with van der Waals surface area (Å²) in [6, 6.07) is 10.1. The van der Waals surface area contributed by atoms with Crippen LogP contribution < -0.4 is 5.32 Å². The lowest BCUT2D eigenvalue weighted by molar-refractivity contribution is 0.326. The minimum atomic E-state index is 0.599. The molecule has 1 saturated carbocycles.